The Bertz CT molecular complexity index is 381. The Morgan fingerprint density at radius 2 is 2.47 bits per heavy atom. The van der Waals surface area contributed by atoms with Gasteiger partial charge in [0.25, 0.3) is 0 Å². The van der Waals surface area contributed by atoms with Gasteiger partial charge in [-0.3, -0.25) is 4.68 Å². The van der Waals surface area contributed by atoms with Gasteiger partial charge in [-0.25, -0.2) is 0 Å². The van der Waals surface area contributed by atoms with Crippen molar-refractivity contribution in [1.82, 2.24) is 9.78 Å². The highest BCUT2D eigenvalue weighted by atomic mass is 79.9. The summed E-state index contributed by atoms with van der Waals surface area (Å²) >= 11 is 3.47. The Balaban J connectivity index is 2.17. The molecule has 3 unspecified atom stereocenters. The Morgan fingerprint density at radius 3 is 3.06 bits per heavy atom. The maximum Gasteiger partial charge on any atom is 0.102 e. The lowest BCUT2D eigenvalue weighted by atomic mass is 9.97. The van der Waals surface area contributed by atoms with E-state index in [9.17, 15) is 5.11 Å². The fourth-order valence-electron chi connectivity index (χ4n) is 2.35. The molecule has 17 heavy (non-hydrogen) atoms. The van der Waals surface area contributed by atoms with E-state index in [0.717, 1.165) is 29.6 Å². The maximum atomic E-state index is 10.4. The summed E-state index contributed by atoms with van der Waals surface area (Å²) in [4.78, 5) is 0. The van der Waals surface area contributed by atoms with Gasteiger partial charge < -0.3 is 9.84 Å². The molecule has 2 rings (SSSR count). The number of aliphatic hydroxyl groups is 1. The van der Waals surface area contributed by atoms with E-state index >= 15 is 0 Å². The van der Waals surface area contributed by atoms with Crippen LogP contribution in [0, 0.1) is 5.92 Å². The molecule has 4 nitrogen and oxygen atoms in total. The van der Waals surface area contributed by atoms with Crippen LogP contribution in [0.5, 0.6) is 0 Å². The number of aromatic nitrogens is 2. The van der Waals surface area contributed by atoms with Gasteiger partial charge in [-0.2, -0.15) is 5.10 Å². The van der Waals surface area contributed by atoms with Crippen molar-refractivity contribution >= 4 is 15.9 Å². The van der Waals surface area contributed by atoms with E-state index in [2.05, 4.69) is 28.0 Å². The van der Waals surface area contributed by atoms with Gasteiger partial charge in [-0.05, 0) is 35.7 Å². The van der Waals surface area contributed by atoms with Gasteiger partial charge in [0.1, 0.15) is 6.10 Å². The molecule has 0 radical (unpaired) electrons. The lowest BCUT2D eigenvalue weighted by Crippen LogP contribution is -2.18. The standard InChI is InChI=1S/C12H19BrN2O2/c1-3-4-15-11(10(13)6-14-15)12(16)9-5-8(2)17-7-9/h6,8-9,12,16H,3-5,7H2,1-2H3. The molecule has 1 aliphatic heterocycles. The third-order valence-electron chi connectivity index (χ3n) is 3.22. The van der Waals surface area contributed by atoms with Crippen LogP contribution in [0.2, 0.25) is 0 Å². The second-order valence-corrected chi connectivity index (χ2v) is 5.54. The van der Waals surface area contributed by atoms with Crippen molar-refractivity contribution in [3.8, 4) is 0 Å². The Morgan fingerprint density at radius 1 is 1.71 bits per heavy atom. The van der Waals surface area contributed by atoms with Crippen molar-refractivity contribution in [3.05, 3.63) is 16.4 Å². The van der Waals surface area contributed by atoms with Crippen molar-refractivity contribution in [3.63, 3.8) is 0 Å². The van der Waals surface area contributed by atoms with Crippen LogP contribution in [0.3, 0.4) is 0 Å². The van der Waals surface area contributed by atoms with E-state index in [4.69, 9.17) is 4.74 Å². The molecule has 1 fully saturated rings. The third kappa shape index (κ3) is 2.72. The number of hydrogen-bond acceptors (Lipinski definition) is 3. The Kier molecular flexibility index (Phi) is 4.22. The molecule has 0 aromatic carbocycles. The molecule has 2 heterocycles. The molecule has 1 aromatic heterocycles. The molecule has 0 amide bonds. The molecule has 3 atom stereocenters. The van der Waals surface area contributed by atoms with E-state index in [-0.39, 0.29) is 12.0 Å². The summed E-state index contributed by atoms with van der Waals surface area (Å²) in [6.45, 7) is 5.62. The van der Waals surface area contributed by atoms with Crippen LogP contribution in [0.4, 0.5) is 0 Å². The van der Waals surface area contributed by atoms with E-state index < -0.39 is 6.10 Å². The first-order valence-electron chi connectivity index (χ1n) is 6.14. The van der Waals surface area contributed by atoms with Gasteiger partial charge in [-0.1, -0.05) is 6.92 Å². The van der Waals surface area contributed by atoms with Crippen molar-refractivity contribution in [2.24, 2.45) is 5.92 Å². The summed E-state index contributed by atoms with van der Waals surface area (Å²) in [5.74, 6) is 0.175. The Labute approximate surface area is 110 Å². The van der Waals surface area contributed by atoms with Crippen LogP contribution < -0.4 is 0 Å². The first-order valence-corrected chi connectivity index (χ1v) is 6.93. The van der Waals surface area contributed by atoms with Gasteiger partial charge in [-0.15, -0.1) is 0 Å². The lowest BCUT2D eigenvalue weighted by Gasteiger charge is -2.18. The zero-order chi connectivity index (χ0) is 12.4. The number of rotatable bonds is 4. The minimum Gasteiger partial charge on any atom is -0.386 e. The summed E-state index contributed by atoms with van der Waals surface area (Å²) in [6, 6.07) is 0. The molecule has 0 bridgehead atoms. The third-order valence-corrected chi connectivity index (χ3v) is 3.84. The zero-order valence-corrected chi connectivity index (χ0v) is 11.9. The smallest absolute Gasteiger partial charge is 0.102 e. The molecule has 0 saturated carbocycles. The van der Waals surface area contributed by atoms with E-state index in [1.165, 1.54) is 0 Å². The van der Waals surface area contributed by atoms with Crippen LogP contribution in [0.15, 0.2) is 10.7 Å². The quantitative estimate of drug-likeness (QED) is 0.929. The van der Waals surface area contributed by atoms with Crippen molar-refractivity contribution in [2.75, 3.05) is 6.61 Å². The summed E-state index contributed by atoms with van der Waals surface area (Å²) in [5.41, 5.74) is 0.884. The van der Waals surface area contributed by atoms with Gasteiger partial charge >= 0.3 is 0 Å². The van der Waals surface area contributed by atoms with Crippen molar-refractivity contribution in [2.45, 2.75) is 45.4 Å². The fraction of sp³-hybridized carbons (Fsp3) is 0.750. The molecule has 1 N–H and O–H groups in total. The van der Waals surface area contributed by atoms with E-state index in [1.54, 1.807) is 6.20 Å². The van der Waals surface area contributed by atoms with Gasteiger partial charge in [0.05, 0.1) is 29.1 Å². The lowest BCUT2D eigenvalue weighted by molar-refractivity contribution is 0.0747. The minimum atomic E-state index is -0.497. The first-order chi connectivity index (χ1) is 8.13. The van der Waals surface area contributed by atoms with Crippen LogP contribution in [-0.4, -0.2) is 27.6 Å². The minimum absolute atomic E-state index is 0.175. The number of nitrogens with zero attached hydrogens (tertiary/aromatic N) is 2. The first kappa shape index (κ1) is 13.1. The second-order valence-electron chi connectivity index (χ2n) is 4.69. The molecule has 1 aromatic rings. The molecular formula is C12H19BrN2O2. The van der Waals surface area contributed by atoms with Gasteiger partial charge in [0, 0.05) is 12.5 Å². The Hall–Kier alpha value is -0.390. The van der Waals surface area contributed by atoms with E-state index in [0.29, 0.717) is 6.61 Å². The highest BCUT2D eigenvalue weighted by molar-refractivity contribution is 9.10. The molecule has 1 saturated heterocycles. The maximum absolute atomic E-state index is 10.4. The van der Waals surface area contributed by atoms with Crippen molar-refractivity contribution in [1.29, 1.82) is 0 Å². The van der Waals surface area contributed by atoms with Crippen molar-refractivity contribution < 1.29 is 9.84 Å². The van der Waals surface area contributed by atoms with E-state index in [1.807, 2.05) is 11.6 Å². The monoisotopic (exact) mass is 302 g/mol. The molecule has 0 spiro atoms. The number of aryl methyl sites for hydroxylation is 1. The average Bonchev–Trinajstić information content (AvgIpc) is 2.86. The largest absolute Gasteiger partial charge is 0.386 e. The predicted molar refractivity (Wildman–Crippen MR) is 68.7 cm³/mol. The molecular weight excluding hydrogens is 284 g/mol. The number of ether oxygens (including phenoxy) is 1. The zero-order valence-electron chi connectivity index (χ0n) is 10.3. The van der Waals surface area contributed by atoms with Crippen LogP contribution >= 0.6 is 15.9 Å². The topological polar surface area (TPSA) is 47.3 Å². The number of halogens is 1. The van der Waals surface area contributed by atoms with Gasteiger partial charge in [0.2, 0.25) is 0 Å². The number of hydrogen-bond donors (Lipinski definition) is 1. The molecule has 96 valence electrons. The summed E-state index contributed by atoms with van der Waals surface area (Å²) in [5, 5.41) is 14.7. The number of aliphatic hydroxyl groups excluding tert-OH is 1. The second kappa shape index (κ2) is 5.50. The summed E-state index contributed by atoms with van der Waals surface area (Å²) < 4.78 is 8.29. The highest BCUT2D eigenvalue weighted by Gasteiger charge is 2.32. The molecule has 5 heteroatoms. The normalized spacial score (nSPS) is 26.4. The van der Waals surface area contributed by atoms with Crippen LogP contribution in [0.1, 0.15) is 38.5 Å². The van der Waals surface area contributed by atoms with Crippen LogP contribution in [-0.2, 0) is 11.3 Å². The summed E-state index contributed by atoms with van der Waals surface area (Å²) in [6.07, 6.45) is 3.42. The average molecular weight is 303 g/mol. The van der Waals surface area contributed by atoms with Crippen LogP contribution in [0.25, 0.3) is 0 Å². The molecule has 0 aliphatic carbocycles. The summed E-state index contributed by atoms with van der Waals surface area (Å²) in [7, 11) is 0. The SMILES string of the molecule is CCCn1ncc(Br)c1C(O)C1COC(C)C1. The fourth-order valence-corrected chi connectivity index (χ4v) is 2.88. The molecule has 1 aliphatic rings. The predicted octanol–water partition coefficient (Wildman–Crippen LogP) is 2.51. The van der Waals surface area contributed by atoms with Gasteiger partial charge in [0.15, 0.2) is 0 Å². The highest BCUT2D eigenvalue weighted by Crippen LogP contribution is 2.34.